The first kappa shape index (κ1) is 15.6. The van der Waals surface area contributed by atoms with E-state index in [0.29, 0.717) is 11.1 Å². The largest absolute Gasteiger partial charge is 0.398 e. The molecule has 0 saturated heterocycles. The highest BCUT2D eigenvalue weighted by Gasteiger charge is 2.22. The summed E-state index contributed by atoms with van der Waals surface area (Å²) in [6, 6.07) is 5.66. The molecule has 1 saturated carbocycles. The van der Waals surface area contributed by atoms with Crippen LogP contribution in [0.15, 0.2) is 29.2 Å². The van der Waals surface area contributed by atoms with E-state index in [4.69, 9.17) is 10.8 Å². The number of pyridine rings is 1. The first-order chi connectivity index (χ1) is 11.1. The summed E-state index contributed by atoms with van der Waals surface area (Å²) in [5.74, 6) is -0.471. The number of nitrogens with one attached hydrogen (secondary N) is 1. The van der Waals surface area contributed by atoms with Gasteiger partial charge >= 0.3 is 0 Å². The Bertz CT molecular complexity index is 792. The van der Waals surface area contributed by atoms with E-state index in [-0.39, 0.29) is 30.2 Å². The number of amides is 1. The Balaban J connectivity index is 2.21. The molecule has 23 heavy (non-hydrogen) atoms. The van der Waals surface area contributed by atoms with Crippen molar-refractivity contribution in [2.75, 3.05) is 18.9 Å². The van der Waals surface area contributed by atoms with E-state index < -0.39 is 5.91 Å². The van der Waals surface area contributed by atoms with Gasteiger partial charge in [0.25, 0.3) is 5.91 Å². The highest BCUT2D eigenvalue weighted by atomic mass is 16.3. The second kappa shape index (κ2) is 6.42. The molecule has 0 unspecified atom stereocenters. The fourth-order valence-corrected chi connectivity index (χ4v) is 3.33. The zero-order valence-corrected chi connectivity index (χ0v) is 12.9. The number of hydrogen-bond donors (Lipinski definition) is 3. The minimum Gasteiger partial charge on any atom is -0.398 e. The molecule has 122 valence electrons. The molecular formula is C17H21N3O3. The molecule has 1 heterocycles. The van der Waals surface area contributed by atoms with Gasteiger partial charge in [0.15, 0.2) is 0 Å². The molecule has 0 spiro atoms. The number of carbonyl (C=O) groups excluding carboxylic acids is 1. The van der Waals surface area contributed by atoms with Crippen LogP contribution in [0.3, 0.4) is 0 Å². The van der Waals surface area contributed by atoms with Crippen LogP contribution >= 0.6 is 0 Å². The molecule has 4 N–H and O–H groups in total. The molecule has 2 aromatic rings. The lowest BCUT2D eigenvalue weighted by Crippen LogP contribution is -2.32. The zero-order valence-electron chi connectivity index (χ0n) is 12.9. The third kappa shape index (κ3) is 2.82. The number of hydrogen-bond acceptors (Lipinski definition) is 4. The van der Waals surface area contributed by atoms with Crippen LogP contribution in [0.2, 0.25) is 0 Å². The van der Waals surface area contributed by atoms with E-state index in [9.17, 15) is 9.59 Å². The van der Waals surface area contributed by atoms with Gasteiger partial charge in [-0.2, -0.15) is 0 Å². The monoisotopic (exact) mass is 315 g/mol. The molecule has 1 aliphatic carbocycles. The number of aliphatic hydroxyl groups is 1. The molecule has 1 aliphatic rings. The van der Waals surface area contributed by atoms with Crippen molar-refractivity contribution in [2.45, 2.75) is 31.7 Å². The highest BCUT2D eigenvalue weighted by molar-refractivity contribution is 6.00. The van der Waals surface area contributed by atoms with Gasteiger partial charge in [0.1, 0.15) is 5.56 Å². The maximum atomic E-state index is 12.7. The van der Waals surface area contributed by atoms with Crippen molar-refractivity contribution in [2.24, 2.45) is 0 Å². The van der Waals surface area contributed by atoms with Crippen molar-refractivity contribution in [3.8, 4) is 0 Å². The molecule has 1 amide bonds. The van der Waals surface area contributed by atoms with Gasteiger partial charge in [-0.25, -0.2) is 0 Å². The summed E-state index contributed by atoms with van der Waals surface area (Å²) in [5, 5.41) is 11.8. The van der Waals surface area contributed by atoms with Gasteiger partial charge in [-0.15, -0.1) is 0 Å². The van der Waals surface area contributed by atoms with Gasteiger partial charge < -0.3 is 20.7 Å². The third-order valence-corrected chi connectivity index (χ3v) is 4.45. The number of nitrogens with two attached hydrogens (primary N) is 1. The molecule has 1 aromatic heterocycles. The highest BCUT2D eigenvalue weighted by Crippen LogP contribution is 2.32. The van der Waals surface area contributed by atoms with Gasteiger partial charge in [0, 0.05) is 24.5 Å². The average molecular weight is 315 g/mol. The fourth-order valence-electron chi connectivity index (χ4n) is 3.33. The number of nitrogen functional groups attached to an aromatic ring is 1. The summed E-state index contributed by atoms with van der Waals surface area (Å²) in [6.45, 7) is -0.0533. The van der Waals surface area contributed by atoms with Crippen LogP contribution in [-0.2, 0) is 0 Å². The van der Waals surface area contributed by atoms with Crippen LogP contribution in [0.5, 0.6) is 0 Å². The molecule has 0 bridgehead atoms. The smallest absolute Gasteiger partial charge is 0.256 e. The minimum atomic E-state index is -0.471. The number of carbonyl (C=O) groups is 1. The van der Waals surface area contributed by atoms with E-state index in [0.717, 1.165) is 31.2 Å². The Morgan fingerprint density at radius 3 is 2.78 bits per heavy atom. The lowest BCUT2D eigenvalue weighted by molar-refractivity contribution is 0.0943. The molecule has 0 radical (unpaired) electrons. The van der Waals surface area contributed by atoms with Crippen molar-refractivity contribution in [3.05, 3.63) is 40.2 Å². The van der Waals surface area contributed by atoms with Crippen LogP contribution in [0.4, 0.5) is 5.69 Å². The first-order valence-corrected chi connectivity index (χ1v) is 7.96. The number of aliphatic hydroxyl groups excluding tert-OH is 1. The summed E-state index contributed by atoms with van der Waals surface area (Å²) in [6.07, 6.45) is 6.00. The summed E-state index contributed by atoms with van der Waals surface area (Å²) < 4.78 is 2.02. The van der Waals surface area contributed by atoms with E-state index >= 15 is 0 Å². The Morgan fingerprint density at radius 1 is 1.35 bits per heavy atom. The Kier molecular flexibility index (Phi) is 4.34. The quantitative estimate of drug-likeness (QED) is 0.743. The predicted molar refractivity (Wildman–Crippen MR) is 89.5 cm³/mol. The summed E-state index contributed by atoms with van der Waals surface area (Å²) in [4.78, 5) is 25.0. The van der Waals surface area contributed by atoms with Gasteiger partial charge in [-0.3, -0.25) is 9.59 Å². The van der Waals surface area contributed by atoms with E-state index in [1.54, 1.807) is 12.3 Å². The molecule has 1 fully saturated rings. The fraction of sp³-hybridized carbons (Fsp3) is 0.412. The van der Waals surface area contributed by atoms with Crippen molar-refractivity contribution in [3.63, 3.8) is 0 Å². The van der Waals surface area contributed by atoms with E-state index in [1.165, 1.54) is 0 Å². The Labute approximate surface area is 133 Å². The third-order valence-electron chi connectivity index (χ3n) is 4.45. The SMILES string of the molecule is Nc1cccc2c1c(=O)c(C(=O)NCCO)cn2C1CCCC1. The number of anilines is 1. The van der Waals surface area contributed by atoms with Gasteiger partial charge in [-0.1, -0.05) is 18.9 Å². The summed E-state index contributed by atoms with van der Waals surface area (Å²) in [5.41, 5.74) is 6.89. The van der Waals surface area contributed by atoms with Crippen molar-refractivity contribution >= 4 is 22.5 Å². The Morgan fingerprint density at radius 2 is 2.09 bits per heavy atom. The molecule has 1 aromatic carbocycles. The number of nitrogens with zero attached hydrogens (tertiary/aromatic N) is 1. The van der Waals surface area contributed by atoms with Crippen LogP contribution in [0.25, 0.3) is 10.9 Å². The molecule has 6 nitrogen and oxygen atoms in total. The lowest BCUT2D eigenvalue weighted by atomic mass is 10.1. The second-order valence-corrected chi connectivity index (χ2v) is 5.94. The second-order valence-electron chi connectivity index (χ2n) is 5.94. The molecule has 0 aliphatic heterocycles. The van der Waals surface area contributed by atoms with Crippen LogP contribution in [-0.4, -0.2) is 28.7 Å². The maximum Gasteiger partial charge on any atom is 0.256 e. The van der Waals surface area contributed by atoms with Gasteiger partial charge in [0.05, 0.1) is 17.5 Å². The van der Waals surface area contributed by atoms with Crippen molar-refractivity contribution in [1.29, 1.82) is 0 Å². The predicted octanol–water partition coefficient (Wildman–Crippen LogP) is 1.42. The average Bonchev–Trinajstić information content (AvgIpc) is 3.07. The standard InChI is InChI=1S/C17H21N3O3/c18-13-6-3-7-14-15(13)16(22)12(17(23)19-8-9-21)10-20(14)11-4-1-2-5-11/h3,6-7,10-11,21H,1-2,4-5,8-9,18H2,(H,19,23). The molecule has 6 heteroatoms. The lowest BCUT2D eigenvalue weighted by Gasteiger charge is -2.19. The number of benzene rings is 1. The summed E-state index contributed by atoms with van der Waals surface area (Å²) in [7, 11) is 0. The van der Waals surface area contributed by atoms with Crippen molar-refractivity contribution in [1.82, 2.24) is 9.88 Å². The topological polar surface area (TPSA) is 97.3 Å². The zero-order chi connectivity index (χ0) is 16.4. The molecule has 3 rings (SSSR count). The van der Waals surface area contributed by atoms with Crippen molar-refractivity contribution < 1.29 is 9.90 Å². The molecular weight excluding hydrogens is 294 g/mol. The Hall–Kier alpha value is -2.34. The van der Waals surface area contributed by atoms with Gasteiger partial charge in [-0.05, 0) is 25.0 Å². The minimum absolute atomic E-state index is 0.0794. The summed E-state index contributed by atoms with van der Waals surface area (Å²) >= 11 is 0. The number of rotatable bonds is 4. The maximum absolute atomic E-state index is 12.7. The van der Waals surface area contributed by atoms with Crippen LogP contribution < -0.4 is 16.5 Å². The molecule has 0 atom stereocenters. The normalized spacial score (nSPS) is 15.2. The number of aromatic nitrogens is 1. The van der Waals surface area contributed by atoms with Gasteiger partial charge in [0.2, 0.25) is 5.43 Å². The number of fused-ring (bicyclic) bond motifs is 1. The van der Waals surface area contributed by atoms with Crippen LogP contribution in [0.1, 0.15) is 42.1 Å². The van der Waals surface area contributed by atoms with Crippen LogP contribution in [0, 0.1) is 0 Å². The van der Waals surface area contributed by atoms with E-state index in [2.05, 4.69) is 5.32 Å². The van der Waals surface area contributed by atoms with E-state index in [1.807, 2.05) is 16.7 Å². The first-order valence-electron chi connectivity index (χ1n) is 7.96.